The molecule has 0 spiro atoms. The summed E-state index contributed by atoms with van der Waals surface area (Å²) in [4.78, 5) is 46.1. The predicted molar refractivity (Wildman–Crippen MR) is 109 cm³/mol. The van der Waals surface area contributed by atoms with Crippen LogP contribution in [0.15, 0.2) is 0 Å². The van der Waals surface area contributed by atoms with Gasteiger partial charge in [-0.25, -0.2) is 0 Å². The number of aliphatic hydroxyl groups is 4. The van der Waals surface area contributed by atoms with Gasteiger partial charge in [0.25, 0.3) is 5.91 Å². The van der Waals surface area contributed by atoms with Gasteiger partial charge in [0.2, 0.25) is 11.8 Å². The van der Waals surface area contributed by atoms with Gasteiger partial charge in [-0.05, 0) is 33.2 Å². The normalized spacial score (nSPS) is 17.2. The second kappa shape index (κ2) is 14.3. The fraction of sp³-hybridized carbons (Fsp3) is 0.765. The number of thiol groups is 1. The van der Waals surface area contributed by atoms with Crippen molar-refractivity contribution in [3.05, 3.63) is 0 Å². The molecule has 12 nitrogen and oxygen atoms in total. The highest BCUT2D eigenvalue weighted by Gasteiger charge is 2.35. The van der Waals surface area contributed by atoms with E-state index in [-0.39, 0.29) is 12.3 Å². The molecule has 6 atom stereocenters. The molecule has 3 amide bonds. The number of rotatable bonds is 15. The van der Waals surface area contributed by atoms with Crippen molar-refractivity contribution in [2.75, 3.05) is 19.3 Å². The molecule has 0 saturated heterocycles. The van der Waals surface area contributed by atoms with E-state index in [0.717, 1.165) is 6.92 Å². The van der Waals surface area contributed by atoms with Gasteiger partial charge in [-0.2, -0.15) is 12.6 Å². The molecule has 0 heterocycles. The van der Waals surface area contributed by atoms with E-state index in [2.05, 4.69) is 28.6 Å². The first-order valence-corrected chi connectivity index (χ1v) is 9.99. The van der Waals surface area contributed by atoms with E-state index in [4.69, 9.17) is 5.73 Å². The Morgan fingerprint density at radius 3 is 1.97 bits per heavy atom. The SMILES string of the molecule is CNC(CCCCNC(=O)[C@@H](O)[C@H](O)[C@H](O)[C@@H](O)C(C)=O)C(=O)N[C@@H](CS)C(N)=O. The summed E-state index contributed by atoms with van der Waals surface area (Å²) >= 11 is 3.95. The average molecular weight is 453 g/mol. The number of nitrogens with one attached hydrogen (secondary N) is 3. The third kappa shape index (κ3) is 9.36. The standard InChI is InChI=1S/C17H32N4O8S/c1-8(22)11(23)12(24)13(25)14(26)17(29)20-6-4-3-5-9(19-2)16(28)21-10(7-30)15(18)27/h9-14,19,23-26,30H,3-7H2,1-2H3,(H2,18,27)(H,20,29)(H,21,28)/t9?,10-,11-,12+,13+,14-/m0/s1. The van der Waals surface area contributed by atoms with E-state index >= 15 is 0 Å². The van der Waals surface area contributed by atoms with E-state index in [0.29, 0.717) is 19.3 Å². The Morgan fingerprint density at radius 1 is 0.933 bits per heavy atom. The monoisotopic (exact) mass is 452 g/mol. The minimum atomic E-state index is -2.05. The van der Waals surface area contributed by atoms with Crippen LogP contribution in [0.1, 0.15) is 26.2 Å². The van der Waals surface area contributed by atoms with Crippen LogP contribution in [0.3, 0.4) is 0 Å². The smallest absolute Gasteiger partial charge is 0.251 e. The first-order chi connectivity index (χ1) is 14.0. The van der Waals surface area contributed by atoms with Crippen molar-refractivity contribution >= 4 is 36.1 Å². The van der Waals surface area contributed by atoms with E-state index < -0.39 is 60.0 Å². The van der Waals surface area contributed by atoms with Crippen molar-refractivity contribution in [3.8, 4) is 0 Å². The number of ketones is 1. The number of carbonyl (C=O) groups excluding carboxylic acids is 4. The van der Waals surface area contributed by atoms with E-state index in [1.54, 1.807) is 7.05 Å². The van der Waals surface area contributed by atoms with Crippen LogP contribution in [0.25, 0.3) is 0 Å². The number of carbonyl (C=O) groups is 4. The Bertz CT molecular complexity index is 594. The number of hydrogen-bond donors (Lipinski definition) is 9. The van der Waals surface area contributed by atoms with Gasteiger partial charge in [0.1, 0.15) is 24.4 Å². The summed E-state index contributed by atoms with van der Waals surface area (Å²) in [5.41, 5.74) is 5.15. The lowest BCUT2D eigenvalue weighted by atomic mass is 10.0. The van der Waals surface area contributed by atoms with Crippen LogP contribution in [0, 0.1) is 0 Å². The molecule has 13 heteroatoms. The number of Topliss-reactive ketones (excluding diaryl/α,β-unsaturated/α-hetero) is 1. The summed E-state index contributed by atoms with van der Waals surface area (Å²) in [5, 5.41) is 46.1. The maximum absolute atomic E-state index is 12.1. The molecular weight excluding hydrogens is 420 g/mol. The van der Waals surface area contributed by atoms with Crippen molar-refractivity contribution in [2.24, 2.45) is 5.73 Å². The second-order valence-electron chi connectivity index (χ2n) is 6.76. The highest BCUT2D eigenvalue weighted by molar-refractivity contribution is 7.80. The maximum Gasteiger partial charge on any atom is 0.251 e. The van der Waals surface area contributed by atoms with Crippen LogP contribution in [0.5, 0.6) is 0 Å². The van der Waals surface area contributed by atoms with Gasteiger partial charge in [-0.15, -0.1) is 0 Å². The largest absolute Gasteiger partial charge is 0.387 e. The number of hydrogen-bond acceptors (Lipinski definition) is 10. The molecule has 0 aromatic rings. The molecule has 1 unspecified atom stereocenters. The minimum absolute atomic E-state index is 0.0653. The molecule has 0 saturated carbocycles. The Hall–Kier alpha value is -1.77. The van der Waals surface area contributed by atoms with Crippen LogP contribution in [-0.2, 0) is 19.2 Å². The van der Waals surface area contributed by atoms with Crippen LogP contribution >= 0.6 is 12.6 Å². The van der Waals surface area contributed by atoms with Gasteiger partial charge in [-0.3, -0.25) is 19.2 Å². The molecular formula is C17H32N4O8S. The fourth-order valence-electron chi connectivity index (χ4n) is 2.44. The summed E-state index contributed by atoms with van der Waals surface area (Å²) in [6.45, 7) is 1.09. The van der Waals surface area contributed by atoms with Crippen molar-refractivity contribution < 1.29 is 39.6 Å². The molecule has 174 valence electrons. The molecule has 0 aliphatic carbocycles. The first-order valence-electron chi connectivity index (χ1n) is 9.36. The van der Waals surface area contributed by atoms with Crippen molar-refractivity contribution in [1.82, 2.24) is 16.0 Å². The molecule has 0 radical (unpaired) electrons. The number of unbranched alkanes of at least 4 members (excludes halogenated alkanes) is 1. The molecule has 0 rings (SSSR count). The third-order valence-corrected chi connectivity index (χ3v) is 4.77. The number of aliphatic hydroxyl groups excluding tert-OH is 4. The highest BCUT2D eigenvalue weighted by atomic mass is 32.1. The Kier molecular flexibility index (Phi) is 13.4. The van der Waals surface area contributed by atoms with Crippen LogP contribution < -0.4 is 21.7 Å². The van der Waals surface area contributed by atoms with E-state index in [9.17, 15) is 39.6 Å². The summed E-state index contributed by atoms with van der Waals surface area (Å²) in [6, 6.07) is -1.49. The van der Waals surface area contributed by atoms with Gasteiger partial charge in [0.05, 0.1) is 6.04 Å². The molecule has 0 aromatic carbocycles. The molecule has 0 aliphatic heterocycles. The molecule has 0 fully saturated rings. The highest BCUT2D eigenvalue weighted by Crippen LogP contribution is 2.07. The topological polar surface area (TPSA) is 211 Å². The zero-order chi connectivity index (χ0) is 23.4. The van der Waals surface area contributed by atoms with E-state index in [1.807, 2.05) is 0 Å². The van der Waals surface area contributed by atoms with Crippen molar-refractivity contribution in [3.63, 3.8) is 0 Å². The second-order valence-corrected chi connectivity index (χ2v) is 7.12. The zero-order valence-electron chi connectivity index (χ0n) is 16.9. The Balaban J connectivity index is 4.37. The Labute approximate surface area is 180 Å². The number of nitrogens with two attached hydrogens (primary N) is 1. The predicted octanol–water partition coefficient (Wildman–Crippen LogP) is -4.21. The molecule has 0 aromatic heterocycles. The quantitative estimate of drug-likeness (QED) is 0.0869. The fourth-order valence-corrected chi connectivity index (χ4v) is 2.72. The van der Waals surface area contributed by atoms with E-state index in [1.165, 1.54) is 0 Å². The van der Waals surface area contributed by atoms with Crippen LogP contribution in [-0.4, -0.2) is 99.8 Å². The third-order valence-electron chi connectivity index (χ3n) is 4.41. The van der Waals surface area contributed by atoms with Crippen molar-refractivity contribution in [2.45, 2.75) is 62.7 Å². The molecule has 0 aliphatic rings. The summed E-state index contributed by atoms with van der Waals surface area (Å²) in [5.74, 6) is -2.86. The molecule has 30 heavy (non-hydrogen) atoms. The maximum atomic E-state index is 12.1. The number of amides is 3. The van der Waals surface area contributed by atoms with Crippen LogP contribution in [0.4, 0.5) is 0 Å². The lowest BCUT2D eigenvalue weighted by Gasteiger charge is -2.24. The number of likely N-dealkylation sites (N-methyl/N-ethyl adjacent to an activating group) is 1. The summed E-state index contributed by atoms with van der Waals surface area (Å²) < 4.78 is 0. The summed E-state index contributed by atoms with van der Waals surface area (Å²) in [6.07, 6.45) is -6.74. The molecule has 0 bridgehead atoms. The minimum Gasteiger partial charge on any atom is -0.387 e. The number of primary amides is 1. The average Bonchev–Trinajstić information content (AvgIpc) is 2.71. The van der Waals surface area contributed by atoms with Gasteiger partial charge < -0.3 is 42.1 Å². The Morgan fingerprint density at radius 2 is 1.50 bits per heavy atom. The first kappa shape index (κ1) is 28.2. The molecule has 9 N–H and O–H groups in total. The van der Waals surface area contributed by atoms with Gasteiger partial charge >= 0.3 is 0 Å². The van der Waals surface area contributed by atoms with Gasteiger partial charge in [-0.1, -0.05) is 0 Å². The van der Waals surface area contributed by atoms with Gasteiger partial charge in [0.15, 0.2) is 11.9 Å². The zero-order valence-corrected chi connectivity index (χ0v) is 17.8. The summed E-state index contributed by atoms with van der Waals surface area (Å²) in [7, 11) is 1.57. The van der Waals surface area contributed by atoms with Crippen LogP contribution in [0.2, 0.25) is 0 Å². The lowest BCUT2D eigenvalue weighted by molar-refractivity contribution is -0.153. The van der Waals surface area contributed by atoms with Gasteiger partial charge in [0, 0.05) is 12.3 Å². The van der Waals surface area contributed by atoms with Crippen molar-refractivity contribution in [1.29, 1.82) is 0 Å². The lowest BCUT2D eigenvalue weighted by Crippen LogP contribution is -2.52.